The third-order valence-electron chi connectivity index (χ3n) is 4.06. The van der Waals surface area contributed by atoms with Gasteiger partial charge in [0.25, 0.3) is 0 Å². The maximum atomic E-state index is 9.17. The Morgan fingerprint density at radius 1 is 1.38 bits per heavy atom. The highest BCUT2D eigenvalue weighted by Gasteiger charge is 2.51. The zero-order chi connectivity index (χ0) is 11.8. The molecule has 0 radical (unpaired) electrons. The normalized spacial score (nSPS) is 44.4. The Morgan fingerprint density at radius 2 is 2.12 bits per heavy atom. The lowest BCUT2D eigenvalue weighted by Crippen LogP contribution is -2.47. The van der Waals surface area contributed by atoms with Gasteiger partial charge < -0.3 is 14.6 Å². The predicted octanol–water partition coefficient (Wildman–Crippen LogP) is 2.18. The van der Waals surface area contributed by atoms with Crippen LogP contribution >= 0.6 is 0 Å². The Labute approximate surface area is 98.1 Å². The molecule has 2 aliphatic rings. The summed E-state index contributed by atoms with van der Waals surface area (Å²) in [6, 6.07) is 0. The zero-order valence-corrected chi connectivity index (χ0v) is 10.6. The highest BCUT2D eigenvalue weighted by Crippen LogP contribution is 2.47. The second kappa shape index (κ2) is 4.63. The third kappa shape index (κ3) is 2.13. The maximum absolute atomic E-state index is 9.17. The van der Waals surface area contributed by atoms with E-state index in [1.165, 1.54) is 12.8 Å². The molecule has 0 aromatic carbocycles. The van der Waals surface area contributed by atoms with Gasteiger partial charge in [-0.15, -0.1) is 0 Å². The topological polar surface area (TPSA) is 38.7 Å². The van der Waals surface area contributed by atoms with Crippen LogP contribution in [0, 0.1) is 17.8 Å². The van der Waals surface area contributed by atoms with E-state index < -0.39 is 5.79 Å². The number of ether oxygens (including phenoxy) is 2. The molecule has 16 heavy (non-hydrogen) atoms. The van der Waals surface area contributed by atoms with Crippen LogP contribution in [0.5, 0.6) is 0 Å². The first-order valence-electron chi connectivity index (χ1n) is 6.50. The van der Waals surface area contributed by atoms with Crippen molar-refractivity contribution >= 4 is 0 Å². The Bertz CT molecular complexity index is 241. The number of aliphatic hydroxyl groups excluding tert-OH is 1. The molecule has 1 spiro atoms. The quantitative estimate of drug-likeness (QED) is 0.787. The molecule has 1 heterocycles. The van der Waals surface area contributed by atoms with Crippen LogP contribution < -0.4 is 0 Å². The van der Waals surface area contributed by atoms with Gasteiger partial charge in [0, 0.05) is 12.3 Å². The first-order valence-corrected chi connectivity index (χ1v) is 6.50. The second-order valence-corrected chi connectivity index (χ2v) is 5.78. The van der Waals surface area contributed by atoms with Crippen molar-refractivity contribution in [1.82, 2.24) is 0 Å². The largest absolute Gasteiger partial charge is 0.394 e. The smallest absolute Gasteiger partial charge is 0.172 e. The molecule has 0 amide bonds. The molecular weight excluding hydrogens is 204 g/mol. The van der Waals surface area contributed by atoms with Crippen molar-refractivity contribution in [1.29, 1.82) is 0 Å². The predicted molar refractivity (Wildman–Crippen MR) is 62.0 cm³/mol. The lowest BCUT2D eigenvalue weighted by atomic mass is 9.73. The molecule has 94 valence electrons. The molecule has 0 aromatic heterocycles. The van der Waals surface area contributed by atoms with E-state index in [1.807, 2.05) is 0 Å². The fraction of sp³-hybridized carbons (Fsp3) is 1.00. The summed E-state index contributed by atoms with van der Waals surface area (Å²) in [4.78, 5) is 0. The van der Waals surface area contributed by atoms with Gasteiger partial charge in [-0.2, -0.15) is 0 Å². The zero-order valence-electron chi connectivity index (χ0n) is 10.6. The van der Waals surface area contributed by atoms with Crippen LogP contribution in [-0.4, -0.2) is 30.2 Å². The molecule has 1 aliphatic heterocycles. The lowest BCUT2D eigenvalue weighted by molar-refractivity contribution is -0.240. The molecule has 1 aliphatic carbocycles. The summed E-state index contributed by atoms with van der Waals surface area (Å²) < 4.78 is 12.0. The van der Waals surface area contributed by atoms with Crippen LogP contribution in [0.25, 0.3) is 0 Å². The fourth-order valence-electron chi connectivity index (χ4n) is 3.24. The molecule has 1 saturated heterocycles. The molecule has 1 saturated carbocycles. The van der Waals surface area contributed by atoms with Crippen LogP contribution in [0.1, 0.15) is 40.0 Å². The Balaban J connectivity index is 2.13. The minimum atomic E-state index is -0.404. The summed E-state index contributed by atoms with van der Waals surface area (Å²) in [7, 11) is 0. The van der Waals surface area contributed by atoms with Gasteiger partial charge in [0.1, 0.15) is 6.10 Å². The van der Waals surface area contributed by atoms with E-state index in [0.717, 1.165) is 6.42 Å². The first-order chi connectivity index (χ1) is 7.57. The summed E-state index contributed by atoms with van der Waals surface area (Å²) in [5, 5.41) is 9.17. The highest BCUT2D eigenvalue weighted by molar-refractivity contribution is 4.92. The minimum Gasteiger partial charge on any atom is -0.394 e. The molecule has 0 unspecified atom stereocenters. The van der Waals surface area contributed by atoms with E-state index in [1.54, 1.807) is 0 Å². The van der Waals surface area contributed by atoms with Crippen LogP contribution in [-0.2, 0) is 9.47 Å². The molecular formula is C13H24O3. The van der Waals surface area contributed by atoms with Gasteiger partial charge in [-0.3, -0.25) is 0 Å². The van der Waals surface area contributed by atoms with Gasteiger partial charge in [0.15, 0.2) is 5.79 Å². The van der Waals surface area contributed by atoms with E-state index in [0.29, 0.717) is 24.4 Å². The molecule has 3 heteroatoms. The number of aliphatic hydroxyl groups is 1. The monoisotopic (exact) mass is 228 g/mol. The van der Waals surface area contributed by atoms with Crippen molar-refractivity contribution in [3.8, 4) is 0 Å². The van der Waals surface area contributed by atoms with Crippen molar-refractivity contribution in [3.63, 3.8) is 0 Å². The first kappa shape index (κ1) is 12.3. The van der Waals surface area contributed by atoms with E-state index in [9.17, 15) is 0 Å². The summed E-state index contributed by atoms with van der Waals surface area (Å²) in [6.07, 6.45) is 3.30. The number of hydrogen-bond donors (Lipinski definition) is 1. The van der Waals surface area contributed by atoms with Crippen molar-refractivity contribution in [2.45, 2.75) is 51.9 Å². The Kier molecular flexibility index (Phi) is 3.57. The van der Waals surface area contributed by atoms with E-state index >= 15 is 0 Å². The van der Waals surface area contributed by atoms with Crippen molar-refractivity contribution in [2.75, 3.05) is 13.2 Å². The molecule has 4 atom stereocenters. The lowest BCUT2D eigenvalue weighted by Gasteiger charge is -2.44. The average Bonchev–Trinajstić information content (AvgIpc) is 2.61. The van der Waals surface area contributed by atoms with E-state index in [-0.39, 0.29) is 12.7 Å². The molecule has 3 nitrogen and oxygen atoms in total. The van der Waals surface area contributed by atoms with Crippen molar-refractivity contribution in [2.24, 2.45) is 17.8 Å². The van der Waals surface area contributed by atoms with Crippen LogP contribution in [0.2, 0.25) is 0 Å². The van der Waals surface area contributed by atoms with Crippen LogP contribution in [0.15, 0.2) is 0 Å². The molecule has 0 aromatic rings. The van der Waals surface area contributed by atoms with Crippen molar-refractivity contribution < 1.29 is 14.6 Å². The van der Waals surface area contributed by atoms with Crippen molar-refractivity contribution in [3.05, 3.63) is 0 Å². The van der Waals surface area contributed by atoms with E-state index in [4.69, 9.17) is 14.6 Å². The molecule has 0 bridgehead atoms. The summed E-state index contributed by atoms with van der Waals surface area (Å²) >= 11 is 0. The van der Waals surface area contributed by atoms with Gasteiger partial charge in [-0.1, -0.05) is 27.2 Å². The number of hydrogen-bond acceptors (Lipinski definition) is 3. The van der Waals surface area contributed by atoms with Gasteiger partial charge in [-0.05, 0) is 18.3 Å². The SMILES string of the molecule is CC(C)[C@H]1CC[C@@H](C)C[C@@]12OC[C@@H](CO)O2. The van der Waals surface area contributed by atoms with Crippen LogP contribution in [0.4, 0.5) is 0 Å². The van der Waals surface area contributed by atoms with Gasteiger partial charge in [0.05, 0.1) is 13.2 Å². The average molecular weight is 228 g/mol. The third-order valence-corrected chi connectivity index (χ3v) is 4.06. The fourth-order valence-corrected chi connectivity index (χ4v) is 3.24. The van der Waals surface area contributed by atoms with E-state index in [2.05, 4.69) is 20.8 Å². The van der Waals surface area contributed by atoms with Gasteiger partial charge in [0.2, 0.25) is 0 Å². The van der Waals surface area contributed by atoms with Gasteiger partial charge >= 0.3 is 0 Å². The summed E-state index contributed by atoms with van der Waals surface area (Å²) in [6.45, 7) is 7.35. The minimum absolute atomic E-state index is 0.0704. The molecule has 1 N–H and O–H groups in total. The Hall–Kier alpha value is -0.120. The standard InChI is InChI=1S/C13H24O3/c1-9(2)12-5-4-10(3)6-13(12)15-8-11(7-14)16-13/h9-12,14H,4-8H2,1-3H3/t10-,11-,12-,13+/m1/s1. The van der Waals surface area contributed by atoms with Crippen LogP contribution in [0.3, 0.4) is 0 Å². The Morgan fingerprint density at radius 3 is 2.69 bits per heavy atom. The summed E-state index contributed by atoms with van der Waals surface area (Å²) in [5.41, 5.74) is 0. The maximum Gasteiger partial charge on any atom is 0.172 e. The second-order valence-electron chi connectivity index (χ2n) is 5.78. The number of rotatable bonds is 2. The molecule has 2 rings (SSSR count). The molecule has 2 fully saturated rings. The van der Waals surface area contributed by atoms with Gasteiger partial charge in [-0.25, -0.2) is 0 Å². The summed E-state index contributed by atoms with van der Waals surface area (Å²) in [5.74, 6) is 1.30. The highest BCUT2D eigenvalue weighted by atomic mass is 16.7.